The van der Waals surface area contributed by atoms with Crippen LogP contribution in [0.4, 0.5) is 10.5 Å². The van der Waals surface area contributed by atoms with E-state index in [2.05, 4.69) is 5.32 Å². The first-order valence-electron chi connectivity index (χ1n) is 14.0. The zero-order valence-electron chi connectivity index (χ0n) is 25.2. The van der Waals surface area contributed by atoms with Gasteiger partial charge in [-0.15, -0.1) is 0 Å². The van der Waals surface area contributed by atoms with Crippen LogP contribution in [-0.2, 0) is 9.47 Å². The first-order valence-corrected chi connectivity index (χ1v) is 14.0. The predicted octanol–water partition coefficient (Wildman–Crippen LogP) is 7.25. The number of carbonyl (C=O) groups is 2. The molecule has 0 saturated heterocycles. The fourth-order valence-electron chi connectivity index (χ4n) is 4.73. The molecule has 3 aromatic rings. The van der Waals surface area contributed by atoms with Crippen LogP contribution in [0.5, 0.6) is 0 Å². The molecule has 8 heteroatoms. The van der Waals surface area contributed by atoms with E-state index in [9.17, 15) is 14.4 Å². The summed E-state index contributed by atoms with van der Waals surface area (Å²) in [7, 11) is 0. The third-order valence-electron chi connectivity index (χ3n) is 6.56. The van der Waals surface area contributed by atoms with Crippen LogP contribution in [0, 0.1) is 6.92 Å². The average Bonchev–Trinajstić information content (AvgIpc) is 2.87. The summed E-state index contributed by atoms with van der Waals surface area (Å²) in [6.45, 7) is 15.7. The van der Waals surface area contributed by atoms with Gasteiger partial charge in [-0.25, -0.2) is 9.59 Å². The van der Waals surface area contributed by atoms with Crippen molar-refractivity contribution in [2.75, 3.05) is 18.4 Å². The molecule has 1 aromatic heterocycles. The summed E-state index contributed by atoms with van der Waals surface area (Å²) in [5.74, 6) is 0.0678. The molecule has 1 atom stereocenters. The van der Waals surface area contributed by atoms with Crippen molar-refractivity contribution >= 4 is 34.3 Å². The third-order valence-corrected chi connectivity index (χ3v) is 6.56. The number of hydrogen-bond acceptors (Lipinski definition) is 7. The van der Waals surface area contributed by atoms with E-state index in [1.165, 1.54) is 6.07 Å². The van der Waals surface area contributed by atoms with Crippen LogP contribution in [0.15, 0.2) is 57.8 Å². The number of nitrogens with one attached hydrogen (secondary N) is 1. The number of nitrogens with zero attached hydrogens (tertiary/aromatic N) is 1. The molecule has 0 saturated carbocycles. The van der Waals surface area contributed by atoms with Gasteiger partial charge in [0.05, 0.1) is 17.0 Å². The van der Waals surface area contributed by atoms with Gasteiger partial charge in [0.1, 0.15) is 22.5 Å². The molecule has 0 radical (unpaired) electrons. The molecule has 0 spiro atoms. The lowest BCUT2D eigenvalue weighted by atomic mass is 9.99. The molecule has 1 N–H and O–H groups in total. The number of anilines is 1. The Hall–Kier alpha value is -4.07. The van der Waals surface area contributed by atoms with Gasteiger partial charge in [0.2, 0.25) is 0 Å². The maximum atomic E-state index is 13.3. The predicted molar refractivity (Wildman–Crippen MR) is 161 cm³/mol. The van der Waals surface area contributed by atoms with Gasteiger partial charge in [-0.1, -0.05) is 24.3 Å². The molecule has 1 amide bonds. The van der Waals surface area contributed by atoms with Gasteiger partial charge >= 0.3 is 12.1 Å². The van der Waals surface area contributed by atoms with Crippen LogP contribution in [0.2, 0.25) is 0 Å². The molecule has 1 unspecified atom stereocenters. The van der Waals surface area contributed by atoms with Crippen molar-refractivity contribution in [3.63, 3.8) is 0 Å². The van der Waals surface area contributed by atoms with Crippen LogP contribution < -0.4 is 10.7 Å². The second kappa shape index (κ2) is 11.4. The van der Waals surface area contributed by atoms with Gasteiger partial charge in [0.15, 0.2) is 5.43 Å². The zero-order valence-corrected chi connectivity index (χ0v) is 25.2. The van der Waals surface area contributed by atoms with Crippen LogP contribution >= 0.6 is 0 Å². The normalized spacial score (nSPS) is 14.8. The van der Waals surface area contributed by atoms with Gasteiger partial charge in [0, 0.05) is 30.4 Å². The molecular weight excluding hydrogens is 520 g/mol. The second-order valence-corrected chi connectivity index (χ2v) is 12.5. The average molecular weight is 561 g/mol. The summed E-state index contributed by atoms with van der Waals surface area (Å²) in [6, 6.07) is 12.2. The standard InChI is InChI=1S/C33H40N2O6/c1-20-17-24(21(2)34-26-12-10-9-11-23(26)30(37)40-32(3,4)5)29-25(18-20)27(36)19-28(39-29)22-13-15-35(16-14-22)31(38)41-33(6,7)8/h9-13,17-19,21,34H,14-16H2,1-8H3. The molecule has 2 aromatic carbocycles. The summed E-state index contributed by atoms with van der Waals surface area (Å²) in [5, 5.41) is 3.92. The first-order chi connectivity index (χ1) is 19.1. The van der Waals surface area contributed by atoms with E-state index in [-0.39, 0.29) is 17.6 Å². The van der Waals surface area contributed by atoms with Gasteiger partial charge in [0.25, 0.3) is 0 Å². The number of esters is 1. The van der Waals surface area contributed by atoms with Gasteiger partial charge < -0.3 is 24.1 Å². The van der Waals surface area contributed by atoms with Crippen molar-refractivity contribution in [2.24, 2.45) is 0 Å². The van der Waals surface area contributed by atoms with Crippen LogP contribution in [0.1, 0.15) is 88.2 Å². The van der Waals surface area contributed by atoms with Crippen LogP contribution in [0.25, 0.3) is 16.5 Å². The molecule has 0 fully saturated rings. The summed E-state index contributed by atoms with van der Waals surface area (Å²) in [5.41, 5.74) is 2.79. The molecule has 8 nitrogen and oxygen atoms in total. The van der Waals surface area contributed by atoms with E-state index in [4.69, 9.17) is 13.9 Å². The highest BCUT2D eigenvalue weighted by Crippen LogP contribution is 2.32. The second-order valence-electron chi connectivity index (χ2n) is 12.5. The summed E-state index contributed by atoms with van der Waals surface area (Å²) >= 11 is 0. The van der Waals surface area contributed by atoms with Crippen molar-refractivity contribution in [3.8, 4) is 0 Å². The molecule has 0 aliphatic carbocycles. The van der Waals surface area contributed by atoms with Crippen molar-refractivity contribution in [3.05, 3.63) is 81.2 Å². The Morgan fingerprint density at radius 1 is 1.00 bits per heavy atom. The SMILES string of the molecule is Cc1cc(C(C)Nc2ccccc2C(=O)OC(C)(C)C)c2oc(C3=CCN(C(=O)OC(C)(C)C)CC3)cc(=O)c2c1. The minimum Gasteiger partial charge on any atom is -0.456 e. The number of hydrogen-bond donors (Lipinski definition) is 1. The van der Waals surface area contributed by atoms with Crippen molar-refractivity contribution in [2.45, 2.75) is 79.1 Å². The van der Waals surface area contributed by atoms with E-state index < -0.39 is 17.2 Å². The number of ether oxygens (including phenoxy) is 2. The van der Waals surface area contributed by atoms with Crippen LogP contribution in [-0.4, -0.2) is 41.3 Å². The molecule has 1 aliphatic rings. The molecule has 1 aliphatic heterocycles. The molecule has 41 heavy (non-hydrogen) atoms. The minimum absolute atomic E-state index is 0.136. The molecule has 4 rings (SSSR count). The molecular formula is C33H40N2O6. The molecule has 218 valence electrons. The van der Waals surface area contributed by atoms with E-state index in [1.54, 1.807) is 17.0 Å². The Morgan fingerprint density at radius 2 is 1.68 bits per heavy atom. The number of rotatable bonds is 5. The van der Waals surface area contributed by atoms with Crippen LogP contribution in [0.3, 0.4) is 0 Å². The number of amides is 1. The summed E-state index contributed by atoms with van der Waals surface area (Å²) in [4.78, 5) is 40.3. The van der Waals surface area contributed by atoms with Gasteiger partial charge in [-0.3, -0.25) is 4.79 Å². The number of benzene rings is 2. The van der Waals surface area contributed by atoms with Crippen molar-refractivity contribution < 1.29 is 23.5 Å². The van der Waals surface area contributed by atoms with E-state index in [0.717, 1.165) is 16.7 Å². The Balaban J connectivity index is 1.66. The monoisotopic (exact) mass is 560 g/mol. The van der Waals surface area contributed by atoms with Crippen molar-refractivity contribution in [1.29, 1.82) is 0 Å². The highest BCUT2D eigenvalue weighted by atomic mass is 16.6. The Kier molecular flexibility index (Phi) is 8.34. The van der Waals surface area contributed by atoms with Crippen molar-refractivity contribution in [1.82, 2.24) is 4.90 Å². The largest absolute Gasteiger partial charge is 0.456 e. The number of para-hydroxylation sites is 1. The Bertz CT molecular complexity index is 1550. The highest BCUT2D eigenvalue weighted by molar-refractivity contribution is 5.96. The first kappa shape index (κ1) is 29.9. The lowest BCUT2D eigenvalue weighted by molar-refractivity contribution is 0.00699. The quantitative estimate of drug-likeness (QED) is 0.328. The topological polar surface area (TPSA) is 98.1 Å². The fraction of sp³-hybridized carbons (Fsp3) is 0.424. The maximum absolute atomic E-state index is 13.3. The lowest BCUT2D eigenvalue weighted by Crippen LogP contribution is -2.39. The fourth-order valence-corrected chi connectivity index (χ4v) is 4.73. The van der Waals surface area contributed by atoms with E-state index in [0.29, 0.717) is 47.5 Å². The maximum Gasteiger partial charge on any atom is 0.410 e. The molecule has 2 heterocycles. The number of aryl methyl sites for hydroxylation is 1. The molecule has 0 bridgehead atoms. The van der Waals surface area contributed by atoms with Gasteiger partial charge in [-0.2, -0.15) is 0 Å². The minimum atomic E-state index is -0.625. The number of carbonyl (C=O) groups excluding carboxylic acids is 2. The smallest absolute Gasteiger partial charge is 0.410 e. The lowest BCUT2D eigenvalue weighted by Gasteiger charge is -2.29. The van der Waals surface area contributed by atoms with E-state index in [1.807, 2.05) is 85.7 Å². The number of fused-ring (bicyclic) bond motifs is 1. The Morgan fingerprint density at radius 3 is 2.32 bits per heavy atom. The zero-order chi connectivity index (χ0) is 30.1. The Labute approximate surface area is 241 Å². The van der Waals surface area contributed by atoms with E-state index >= 15 is 0 Å². The summed E-state index contributed by atoms with van der Waals surface area (Å²) in [6.07, 6.45) is 2.08. The third kappa shape index (κ3) is 7.37. The summed E-state index contributed by atoms with van der Waals surface area (Å²) < 4.78 is 17.5. The highest BCUT2D eigenvalue weighted by Gasteiger charge is 2.26. The van der Waals surface area contributed by atoms with Gasteiger partial charge in [-0.05, 0) is 91.1 Å².